The standard InChI is InChI=1S/C44H58ClN5O12.C15H29NO6S2.C12H22O7.C7H16O4/c1-4-29(23-51)61-40(59-3)26-60-39(55)11-7-10-38(54)46-12-13-48-14-16-49(17-15-48)44(57)62-37-20-35-41(31-9-6-5-8-30(31)37)28(21-45)22-50(35)43(56)34-18-27-19-36(58-2)32(24-52)33(25-53)42(27)47-34;1-4-12(10-17)22-15(20-2)11-21-14(19)7-5-6-13(18)16-8-9-24-23-3;1-3-9(7-13)19-12(17-2)8-18-11(16)6-4-5-10(14)15;1-3-6(4-8)11-7(5-9)10-2/h5-6,8-9,19-20,28-29,34,40,47,51-53H,4,7,10-18,21-26H2,1-3H3,(H,46,54);12,15,17H,4-11H2,1-3H3,(H,16,18);9,12-13H,3-8H2,1-2H3,(H,14,15);6-9H,3-5H2,1-2H3/t28-,29?,34?,40?;;;/m1.../s1. The zero-order chi connectivity index (χ0) is 85.9. The van der Waals surface area contributed by atoms with E-state index in [1.807, 2.05) is 58.2 Å². The highest BCUT2D eigenvalue weighted by Crippen LogP contribution is 2.47. The van der Waals surface area contributed by atoms with Gasteiger partial charge in [-0.3, -0.25) is 38.5 Å². The third-order valence-electron chi connectivity index (χ3n) is 18.6. The Morgan fingerprint density at radius 2 is 1.04 bits per heavy atom. The fraction of sp³-hybridized carbons (Fsp3) is 0.692. The fourth-order valence-electron chi connectivity index (χ4n) is 11.9. The summed E-state index contributed by atoms with van der Waals surface area (Å²) in [5.41, 5.74) is 3.88. The van der Waals surface area contributed by atoms with Gasteiger partial charge in [0.25, 0.3) is 0 Å². The highest BCUT2D eigenvalue weighted by molar-refractivity contribution is 8.76. The van der Waals surface area contributed by atoms with Crippen LogP contribution in [-0.4, -0.2) is 313 Å². The lowest BCUT2D eigenvalue weighted by Crippen LogP contribution is -2.51. The van der Waals surface area contributed by atoms with Crippen LogP contribution < -0.4 is 30.3 Å². The van der Waals surface area contributed by atoms with E-state index in [0.717, 1.165) is 27.7 Å². The first-order chi connectivity index (χ1) is 55.9. The normalized spacial score (nSPS) is 16.3. The van der Waals surface area contributed by atoms with Gasteiger partial charge in [-0.2, -0.15) is 0 Å². The van der Waals surface area contributed by atoms with Gasteiger partial charge in [-0.15, -0.1) is 11.6 Å². The molecule has 1 saturated heterocycles. The molecule has 116 heavy (non-hydrogen) atoms. The molecule has 0 bridgehead atoms. The molecule has 10 atom stereocenters. The van der Waals surface area contributed by atoms with E-state index in [9.17, 15) is 53.7 Å². The number of esters is 3. The molecule has 4 amide bonds. The van der Waals surface area contributed by atoms with E-state index in [2.05, 4.69) is 20.9 Å². The average molecular weight is 1710 g/mol. The number of carboxylic acids is 1. The minimum Gasteiger partial charge on any atom is -0.496 e. The summed E-state index contributed by atoms with van der Waals surface area (Å²) >= 11 is 6.54. The Balaban J connectivity index is 0.000000523. The number of anilines is 2. The van der Waals surface area contributed by atoms with Crippen LogP contribution in [0.25, 0.3) is 10.8 Å². The summed E-state index contributed by atoms with van der Waals surface area (Å²) in [4.78, 5) is 103. The monoisotopic (exact) mass is 1710 g/mol. The van der Waals surface area contributed by atoms with Crippen LogP contribution in [0, 0.1) is 0 Å². The van der Waals surface area contributed by atoms with Crippen molar-refractivity contribution in [1.82, 2.24) is 20.4 Å². The van der Waals surface area contributed by atoms with Gasteiger partial charge in [0.2, 0.25) is 17.7 Å². The minimum absolute atomic E-state index is 0.0378. The second-order valence-corrected chi connectivity index (χ2v) is 29.6. The van der Waals surface area contributed by atoms with Gasteiger partial charge in [-0.25, -0.2) is 4.79 Å². The van der Waals surface area contributed by atoms with Crippen molar-refractivity contribution < 1.29 is 141 Å². The fourth-order valence-corrected chi connectivity index (χ4v) is 13.3. The van der Waals surface area contributed by atoms with E-state index >= 15 is 0 Å². The molecule has 3 aromatic rings. The predicted molar refractivity (Wildman–Crippen MR) is 433 cm³/mol. The first kappa shape index (κ1) is 104. The Bertz CT molecular complexity index is 3340. The van der Waals surface area contributed by atoms with Crippen LogP contribution in [0.15, 0.2) is 36.4 Å². The molecule has 3 aromatic carbocycles. The molecular formula is C78H125ClN6O29S2. The van der Waals surface area contributed by atoms with Crippen molar-refractivity contribution in [3.05, 3.63) is 58.7 Å². The molecule has 3 aliphatic heterocycles. The van der Waals surface area contributed by atoms with Crippen molar-refractivity contribution >= 4 is 103 Å². The number of nitrogens with zero attached hydrogens (tertiary/aromatic N) is 3. The number of hydrogen-bond acceptors (Lipinski definition) is 32. The summed E-state index contributed by atoms with van der Waals surface area (Å²) in [6, 6.07) is 10.5. The predicted octanol–water partition coefficient (Wildman–Crippen LogP) is 5.12. The van der Waals surface area contributed by atoms with Crippen LogP contribution in [0.2, 0.25) is 0 Å². The molecule has 3 aliphatic rings. The quantitative estimate of drug-likeness (QED) is 0.00872. The van der Waals surface area contributed by atoms with Gasteiger partial charge >= 0.3 is 30.0 Å². The summed E-state index contributed by atoms with van der Waals surface area (Å²) in [6.45, 7) is 9.86. The van der Waals surface area contributed by atoms with E-state index in [-0.39, 0.29) is 152 Å². The highest BCUT2D eigenvalue weighted by atomic mass is 35.5. The van der Waals surface area contributed by atoms with Crippen LogP contribution >= 0.6 is 33.2 Å². The number of halogens is 1. The third kappa shape index (κ3) is 37.0. The molecular weight excluding hydrogens is 1580 g/mol. The van der Waals surface area contributed by atoms with Crippen LogP contribution in [0.3, 0.4) is 0 Å². The highest BCUT2D eigenvalue weighted by Gasteiger charge is 2.41. The maximum absolute atomic E-state index is 14.4. The number of rotatable bonds is 52. The number of hydrogen-bond donors (Lipinski definition) is 11. The second kappa shape index (κ2) is 60.0. The number of alkyl halides is 1. The van der Waals surface area contributed by atoms with Gasteiger partial charge in [-0.05, 0) is 73.8 Å². The van der Waals surface area contributed by atoms with Crippen molar-refractivity contribution in [2.45, 2.75) is 192 Å². The number of aliphatic hydroxyl groups excluding tert-OH is 7. The number of ether oxygens (including phenoxy) is 13. The smallest absolute Gasteiger partial charge is 0.415 e. The number of benzene rings is 3. The average Bonchev–Trinajstić information content (AvgIpc) is 1.59. The van der Waals surface area contributed by atoms with E-state index in [1.165, 1.54) is 35.5 Å². The van der Waals surface area contributed by atoms with Crippen LogP contribution in [0.1, 0.15) is 139 Å². The van der Waals surface area contributed by atoms with Crippen LogP contribution in [0.4, 0.5) is 16.2 Å². The second-order valence-electron chi connectivity index (χ2n) is 26.6. The molecule has 6 rings (SSSR count). The summed E-state index contributed by atoms with van der Waals surface area (Å²) < 4.78 is 68.2. The molecule has 1 fully saturated rings. The van der Waals surface area contributed by atoms with E-state index in [1.54, 1.807) is 43.5 Å². The van der Waals surface area contributed by atoms with Crippen molar-refractivity contribution in [3.8, 4) is 11.5 Å². The number of fused-ring (bicyclic) bond motifs is 4. The lowest BCUT2D eigenvalue weighted by molar-refractivity contribution is -0.194. The van der Waals surface area contributed by atoms with Crippen molar-refractivity contribution in [1.29, 1.82) is 0 Å². The number of piperazine rings is 1. The summed E-state index contributed by atoms with van der Waals surface area (Å²) in [6.07, 6.45) is 1.80. The van der Waals surface area contributed by atoms with Gasteiger partial charge in [-0.1, -0.05) is 73.5 Å². The van der Waals surface area contributed by atoms with E-state index in [4.69, 9.17) is 98.7 Å². The summed E-state index contributed by atoms with van der Waals surface area (Å²) in [7, 11) is 10.6. The molecule has 35 nitrogen and oxygen atoms in total. The molecule has 660 valence electrons. The minimum atomic E-state index is -0.945. The van der Waals surface area contributed by atoms with Crippen molar-refractivity contribution in [2.24, 2.45) is 0 Å². The Labute approximate surface area is 692 Å². The molecule has 0 saturated carbocycles. The first-order valence-corrected chi connectivity index (χ1v) is 42.2. The van der Waals surface area contributed by atoms with Crippen molar-refractivity contribution in [3.63, 3.8) is 0 Å². The Morgan fingerprint density at radius 1 is 0.578 bits per heavy atom. The number of carbonyl (C=O) groups excluding carboxylic acids is 7. The van der Waals surface area contributed by atoms with Gasteiger partial charge in [0.15, 0.2) is 25.2 Å². The van der Waals surface area contributed by atoms with E-state index < -0.39 is 67.3 Å². The van der Waals surface area contributed by atoms with Gasteiger partial charge in [0.1, 0.15) is 37.4 Å². The molecule has 11 N–H and O–H groups in total. The third-order valence-corrected chi connectivity index (χ3v) is 20.8. The molecule has 0 aliphatic carbocycles. The number of methoxy groups -OCH3 is 5. The zero-order valence-electron chi connectivity index (χ0n) is 68.5. The summed E-state index contributed by atoms with van der Waals surface area (Å²) in [5, 5.41) is 83.9. The molecule has 0 radical (unpaired) electrons. The number of aliphatic carboxylic acids is 1. The lowest BCUT2D eigenvalue weighted by atomic mass is 9.95. The molecule has 0 aromatic heterocycles. The Kier molecular flexibility index (Phi) is 53.6. The first-order valence-electron chi connectivity index (χ1n) is 38.9. The number of aliphatic hydroxyl groups is 7. The molecule has 3 heterocycles. The lowest BCUT2D eigenvalue weighted by Gasteiger charge is -2.34. The largest absolute Gasteiger partial charge is 0.496 e. The summed E-state index contributed by atoms with van der Waals surface area (Å²) in [5.74, 6) is -1.01. The maximum Gasteiger partial charge on any atom is 0.415 e. The Morgan fingerprint density at radius 3 is 1.47 bits per heavy atom. The Hall–Kier alpha value is -6.57. The SMILES string of the molecule is CCC(CO)OC(CO)OC.CCC(CO)OC(COC(=O)CCCC(=O)NCCN1CCN(C(=O)Oc2cc3c(c4ccccc24)[C@H](CCl)CN3C(=O)C2Cc3cc(OC)c(CO)c(CO)c3N2)CC1)OC.CCC(CO)OC(COC(=O)CCCC(=O)NCCSSC)OC.CCC(CO)OC(COC(=O)CCCC(=O)O)OC. The van der Waals surface area contributed by atoms with Crippen LogP contribution in [0.5, 0.6) is 11.5 Å². The maximum atomic E-state index is 14.4. The van der Waals surface area contributed by atoms with Gasteiger partial charge in [0, 0.05) is 172 Å². The molecule has 9 unspecified atom stereocenters. The van der Waals surface area contributed by atoms with E-state index in [0.29, 0.717) is 138 Å². The molecule has 38 heteroatoms. The number of carboxylic acid groups (broad SMARTS) is 1. The number of nitrogens with one attached hydrogen (secondary N) is 3. The number of carbonyl (C=O) groups is 8. The number of amides is 4. The van der Waals surface area contributed by atoms with Crippen LogP contribution in [-0.2, 0) is 105 Å². The van der Waals surface area contributed by atoms with Crippen molar-refractivity contribution in [2.75, 3.05) is 169 Å². The van der Waals surface area contributed by atoms with Gasteiger partial charge < -0.3 is 128 Å². The van der Waals surface area contributed by atoms with Gasteiger partial charge in [0.05, 0.1) is 83.5 Å². The molecule has 0 spiro atoms. The zero-order valence-corrected chi connectivity index (χ0v) is 70.9. The topological polar surface area (TPSA) is 464 Å².